The molecule has 2 N–H and O–H groups in total. The quantitative estimate of drug-likeness (QED) is 0.784. The minimum Gasteiger partial charge on any atom is -0.396 e. The first kappa shape index (κ1) is 9.56. The number of fused-ring (bicyclic) bond motifs is 1. The predicted molar refractivity (Wildman–Crippen MR) is 58.8 cm³/mol. The number of nitrogens with one attached hydrogen (secondary N) is 1. The molecule has 74 valence electrons. The average molecular weight is 210 g/mol. The van der Waals surface area contributed by atoms with E-state index in [4.69, 9.17) is 16.7 Å². The predicted octanol–water partition coefficient (Wildman–Crippen LogP) is 2.66. The number of aromatic amines is 1. The van der Waals surface area contributed by atoms with Gasteiger partial charge in [0.2, 0.25) is 0 Å². The van der Waals surface area contributed by atoms with E-state index in [1.165, 1.54) is 0 Å². The van der Waals surface area contributed by atoms with Crippen molar-refractivity contribution in [1.82, 2.24) is 4.98 Å². The molecular weight excluding hydrogens is 198 g/mol. The van der Waals surface area contributed by atoms with Crippen LogP contribution >= 0.6 is 11.6 Å². The summed E-state index contributed by atoms with van der Waals surface area (Å²) in [7, 11) is 0. The van der Waals surface area contributed by atoms with Gasteiger partial charge in [-0.25, -0.2) is 0 Å². The number of aryl methyl sites for hydroxylation is 1. The molecule has 2 nitrogen and oxygen atoms in total. The van der Waals surface area contributed by atoms with Gasteiger partial charge in [-0.1, -0.05) is 11.6 Å². The van der Waals surface area contributed by atoms with Crippen LogP contribution in [0, 0.1) is 6.92 Å². The van der Waals surface area contributed by atoms with Crippen LogP contribution < -0.4 is 0 Å². The number of benzene rings is 1. The Morgan fingerprint density at radius 2 is 2.21 bits per heavy atom. The van der Waals surface area contributed by atoms with Crippen molar-refractivity contribution >= 4 is 22.5 Å². The van der Waals surface area contributed by atoms with Gasteiger partial charge in [-0.3, -0.25) is 0 Å². The largest absolute Gasteiger partial charge is 0.396 e. The number of aliphatic hydroxyl groups excluding tert-OH is 1. The van der Waals surface area contributed by atoms with Crippen molar-refractivity contribution in [2.75, 3.05) is 6.61 Å². The second-order valence-corrected chi connectivity index (χ2v) is 3.83. The van der Waals surface area contributed by atoms with Gasteiger partial charge in [0.25, 0.3) is 0 Å². The van der Waals surface area contributed by atoms with Crippen molar-refractivity contribution in [2.45, 2.75) is 13.3 Å². The summed E-state index contributed by atoms with van der Waals surface area (Å²) < 4.78 is 0. The fourth-order valence-corrected chi connectivity index (χ4v) is 1.96. The van der Waals surface area contributed by atoms with E-state index in [0.29, 0.717) is 6.42 Å². The van der Waals surface area contributed by atoms with Crippen LogP contribution in [0.3, 0.4) is 0 Å². The van der Waals surface area contributed by atoms with Gasteiger partial charge in [-0.2, -0.15) is 0 Å². The normalized spacial score (nSPS) is 11.1. The zero-order valence-electron chi connectivity index (χ0n) is 7.97. The molecule has 0 aliphatic heterocycles. The van der Waals surface area contributed by atoms with E-state index in [0.717, 1.165) is 27.2 Å². The highest BCUT2D eigenvalue weighted by Crippen LogP contribution is 2.25. The number of halogens is 1. The molecule has 2 rings (SSSR count). The lowest BCUT2D eigenvalue weighted by atomic mass is 10.1. The monoisotopic (exact) mass is 209 g/mol. The molecule has 1 aromatic heterocycles. The van der Waals surface area contributed by atoms with Gasteiger partial charge in [0.15, 0.2) is 0 Å². The lowest BCUT2D eigenvalue weighted by Crippen LogP contribution is -1.91. The summed E-state index contributed by atoms with van der Waals surface area (Å²) in [5.74, 6) is 0. The lowest BCUT2D eigenvalue weighted by Gasteiger charge is -1.97. The van der Waals surface area contributed by atoms with Gasteiger partial charge in [0.05, 0.1) is 0 Å². The maximum Gasteiger partial charge on any atom is 0.0472 e. The fourth-order valence-electron chi connectivity index (χ4n) is 1.79. The molecular formula is C11H12ClNO. The molecule has 0 atom stereocenters. The van der Waals surface area contributed by atoms with Crippen molar-refractivity contribution in [3.8, 4) is 0 Å². The first-order valence-electron chi connectivity index (χ1n) is 4.60. The minimum atomic E-state index is 0.167. The Kier molecular flexibility index (Phi) is 2.48. The lowest BCUT2D eigenvalue weighted by molar-refractivity contribution is 0.300. The van der Waals surface area contributed by atoms with Crippen LogP contribution in [-0.4, -0.2) is 16.7 Å². The van der Waals surface area contributed by atoms with Crippen LogP contribution in [0.25, 0.3) is 10.9 Å². The number of aliphatic hydroxyl groups is 1. The van der Waals surface area contributed by atoms with E-state index in [1.807, 2.05) is 25.1 Å². The first-order valence-corrected chi connectivity index (χ1v) is 4.97. The van der Waals surface area contributed by atoms with E-state index in [-0.39, 0.29) is 6.61 Å². The van der Waals surface area contributed by atoms with Gasteiger partial charge in [-0.05, 0) is 37.1 Å². The highest BCUT2D eigenvalue weighted by molar-refractivity contribution is 6.31. The Labute approximate surface area is 87.5 Å². The van der Waals surface area contributed by atoms with E-state index < -0.39 is 0 Å². The maximum absolute atomic E-state index is 8.94. The second kappa shape index (κ2) is 3.64. The molecule has 0 aliphatic carbocycles. The van der Waals surface area contributed by atoms with Crippen LogP contribution in [0.1, 0.15) is 11.3 Å². The molecule has 0 fully saturated rings. The maximum atomic E-state index is 8.94. The van der Waals surface area contributed by atoms with Crippen molar-refractivity contribution in [3.63, 3.8) is 0 Å². The Morgan fingerprint density at radius 3 is 2.93 bits per heavy atom. The second-order valence-electron chi connectivity index (χ2n) is 3.39. The molecule has 1 aromatic carbocycles. The van der Waals surface area contributed by atoms with E-state index in [1.54, 1.807) is 0 Å². The number of aromatic nitrogens is 1. The number of hydrogen-bond acceptors (Lipinski definition) is 1. The summed E-state index contributed by atoms with van der Waals surface area (Å²) in [5, 5.41) is 10.8. The summed E-state index contributed by atoms with van der Waals surface area (Å²) in [4.78, 5) is 3.27. The third kappa shape index (κ3) is 1.51. The summed E-state index contributed by atoms with van der Waals surface area (Å²) in [6.45, 7) is 2.18. The Morgan fingerprint density at radius 1 is 1.43 bits per heavy atom. The molecule has 0 radical (unpaired) electrons. The molecule has 0 aliphatic rings. The summed E-state index contributed by atoms with van der Waals surface area (Å²) in [6, 6.07) is 5.76. The number of H-pyrrole nitrogens is 1. The van der Waals surface area contributed by atoms with Gasteiger partial charge in [0.1, 0.15) is 0 Å². The van der Waals surface area contributed by atoms with E-state index in [2.05, 4.69) is 4.98 Å². The Balaban J connectivity index is 2.66. The molecule has 0 bridgehead atoms. The zero-order chi connectivity index (χ0) is 10.1. The Bertz CT molecular complexity index is 462. The SMILES string of the molecule is Cc1[nH]c2ccc(Cl)cc2c1CCO. The fraction of sp³-hybridized carbons (Fsp3) is 0.273. The summed E-state index contributed by atoms with van der Waals surface area (Å²) in [6.07, 6.45) is 0.673. The standard InChI is InChI=1S/C11H12ClNO/c1-7-9(4-5-14)10-6-8(12)2-3-11(10)13-7/h2-3,6,13-14H,4-5H2,1H3. The van der Waals surface area contributed by atoms with Gasteiger partial charge >= 0.3 is 0 Å². The van der Waals surface area contributed by atoms with E-state index in [9.17, 15) is 0 Å². The molecule has 0 spiro atoms. The average Bonchev–Trinajstić information content (AvgIpc) is 2.45. The Hall–Kier alpha value is -0.990. The zero-order valence-corrected chi connectivity index (χ0v) is 8.73. The first-order chi connectivity index (χ1) is 6.72. The van der Waals surface area contributed by atoms with Crippen LogP contribution in [0.4, 0.5) is 0 Å². The number of hydrogen-bond donors (Lipinski definition) is 2. The molecule has 14 heavy (non-hydrogen) atoms. The number of rotatable bonds is 2. The smallest absolute Gasteiger partial charge is 0.0472 e. The van der Waals surface area contributed by atoms with Crippen molar-refractivity contribution < 1.29 is 5.11 Å². The molecule has 0 amide bonds. The topological polar surface area (TPSA) is 36.0 Å². The minimum absolute atomic E-state index is 0.167. The van der Waals surface area contributed by atoms with Crippen molar-refractivity contribution in [2.24, 2.45) is 0 Å². The van der Waals surface area contributed by atoms with Crippen molar-refractivity contribution in [1.29, 1.82) is 0 Å². The van der Waals surface area contributed by atoms with Crippen LogP contribution in [0.15, 0.2) is 18.2 Å². The summed E-state index contributed by atoms with van der Waals surface area (Å²) >= 11 is 5.92. The molecule has 1 heterocycles. The van der Waals surface area contributed by atoms with Gasteiger partial charge < -0.3 is 10.1 Å². The van der Waals surface area contributed by atoms with Crippen LogP contribution in [0.2, 0.25) is 5.02 Å². The van der Waals surface area contributed by atoms with Gasteiger partial charge in [-0.15, -0.1) is 0 Å². The molecule has 0 unspecified atom stereocenters. The molecule has 3 heteroatoms. The van der Waals surface area contributed by atoms with E-state index >= 15 is 0 Å². The molecule has 0 saturated carbocycles. The van der Waals surface area contributed by atoms with Crippen molar-refractivity contribution in [3.05, 3.63) is 34.5 Å². The summed E-state index contributed by atoms with van der Waals surface area (Å²) in [5.41, 5.74) is 3.34. The molecule has 0 saturated heterocycles. The highest BCUT2D eigenvalue weighted by Gasteiger charge is 2.07. The molecule has 2 aromatic rings. The van der Waals surface area contributed by atoms with Crippen LogP contribution in [-0.2, 0) is 6.42 Å². The third-order valence-electron chi connectivity index (χ3n) is 2.44. The van der Waals surface area contributed by atoms with Gasteiger partial charge in [0, 0.05) is 28.2 Å². The van der Waals surface area contributed by atoms with Crippen LogP contribution in [0.5, 0.6) is 0 Å². The third-order valence-corrected chi connectivity index (χ3v) is 2.68. The highest BCUT2D eigenvalue weighted by atomic mass is 35.5.